The van der Waals surface area contributed by atoms with E-state index in [4.69, 9.17) is 4.74 Å². The molecule has 0 N–H and O–H groups in total. The van der Waals surface area contributed by atoms with Crippen molar-refractivity contribution < 1.29 is 9.53 Å². The third-order valence-electron chi connectivity index (χ3n) is 6.28. The monoisotopic (exact) mass is 402 g/mol. The van der Waals surface area contributed by atoms with E-state index in [1.807, 2.05) is 19.9 Å². The van der Waals surface area contributed by atoms with Crippen LogP contribution in [0.3, 0.4) is 0 Å². The van der Waals surface area contributed by atoms with Gasteiger partial charge < -0.3 is 4.74 Å². The maximum Gasteiger partial charge on any atom is 0.330 e. The van der Waals surface area contributed by atoms with Crippen molar-refractivity contribution in [1.82, 2.24) is 0 Å². The zero-order valence-electron chi connectivity index (χ0n) is 19.2. The summed E-state index contributed by atoms with van der Waals surface area (Å²) in [7, 11) is 0. The fraction of sp³-hybridized carbons (Fsp3) is 0.393. The molecule has 0 atom stereocenters. The molecule has 0 saturated carbocycles. The molecule has 2 aromatic rings. The predicted octanol–water partition coefficient (Wildman–Crippen LogP) is 7.23. The first kappa shape index (κ1) is 22.1. The van der Waals surface area contributed by atoms with E-state index in [1.54, 1.807) is 0 Å². The van der Waals surface area contributed by atoms with Crippen LogP contribution < -0.4 is 0 Å². The van der Waals surface area contributed by atoms with Gasteiger partial charge in [-0.2, -0.15) is 0 Å². The maximum absolute atomic E-state index is 11.7. The summed E-state index contributed by atoms with van der Waals surface area (Å²) in [5, 5.41) is 0. The topological polar surface area (TPSA) is 26.3 Å². The van der Waals surface area contributed by atoms with Gasteiger partial charge in [0.05, 0.1) is 6.61 Å². The Kier molecular flexibility index (Phi) is 6.36. The number of ether oxygens (including phenoxy) is 1. The van der Waals surface area contributed by atoms with Crippen molar-refractivity contribution in [3.63, 3.8) is 0 Å². The summed E-state index contributed by atoms with van der Waals surface area (Å²) in [6.45, 7) is 13.6. The fourth-order valence-electron chi connectivity index (χ4n) is 4.30. The first-order valence-corrected chi connectivity index (χ1v) is 10.9. The van der Waals surface area contributed by atoms with Crippen LogP contribution in [0.15, 0.2) is 60.2 Å². The summed E-state index contributed by atoms with van der Waals surface area (Å²) in [6.07, 6.45) is 8.01. The molecule has 2 heteroatoms. The van der Waals surface area contributed by atoms with E-state index >= 15 is 0 Å². The minimum absolute atomic E-state index is 0.185. The Hall–Kier alpha value is -2.61. The number of esters is 1. The van der Waals surface area contributed by atoms with Crippen molar-refractivity contribution in [1.29, 1.82) is 0 Å². The molecule has 30 heavy (non-hydrogen) atoms. The first-order chi connectivity index (χ1) is 14.1. The quantitative estimate of drug-likeness (QED) is 0.300. The highest BCUT2D eigenvalue weighted by Crippen LogP contribution is 2.47. The van der Waals surface area contributed by atoms with Gasteiger partial charge in [0.25, 0.3) is 0 Å². The lowest BCUT2D eigenvalue weighted by atomic mass is 9.63. The number of hydrogen-bond acceptors (Lipinski definition) is 2. The summed E-state index contributed by atoms with van der Waals surface area (Å²) >= 11 is 0. The van der Waals surface area contributed by atoms with Gasteiger partial charge in [-0.25, -0.2) is 4.79 Å². The Balaban J connectivity index is 1.99. The molecule has 0 unspecified atom stereocenters. The lowest BCUT2D eigenvalue weighted by Crippen LogP contribution is -2.33. The van der Waals surface area contributed by atoms with Crippen LogP contribution in [0.2, 0.25) is 0 Å². The average molecular weight is 403 g/mol. The Morgan fingerprint density at radius 2 is 1.67 bits per heavy atom. The maximum atomic E-state index is 11.7. The number of carbonyl (C=O) groups excluding carboxylic acids is 1. The lowest BCUT2D eigenvalue weighted by molar-refractivity contribution is -0.137. The molecule has 1 aliphatic rings. The highest BCUT2D eigenvalue weighted by molar-refractivity contribution is 5.84. The summed E-state index contributed by atoms with van der Waals surface area (Å²) in [5.41, 5.74) is 7.81. The minimum atomic E-state index is -0.299. The van der Waals surface area contributed by atoms with Crippen molar-refractivity contribution in [3.8, 4) is 11.1 Å². The minimum Gasteiger partial charge on any atom is -0.463 e. The highest BCUT2D eigenvalue weighted by Gasteiger charge is 2.37. The van der Waals surface area contributed by atoms with Gasteiger partial charge in [0.15, 0.2) is 0 Å². The van der Waals surface area contributed by atoms with E-state index in [0.717, 1.165) is 11.1 Å². The third kappa shape index (κ3) is 4.75. The van der Waals surface area contributed by atoms with Crippen LogP contribution in [-0.2, 0) is 20.4 Å². The van der Waals surface area contributed by atoms with E-state index in [1.165, 1.54) is 41.2 Å². The molecule has 158 valence electrons. The standard InChI is InChI=1S/C28H34O2/c1-7-30-26(29)18-20(2)12-13-21-10-8-9-11-23(21)22-14-15-24-25(19-22)28(5,6)17-16-27(24,3)4/h8-15,18-19H,7,16-17H2,1-6H3/b13-12+,20-18+. The Labute approximate surface area is 181 Å². The molecular weight excluding hydrogens is 368 g/mol. The zero-order valence-corrected chi connectivity index (χ0v) is 19.2. The van der Waals surface area contributed by atoms with Gasteiger partial charge in [-0.3, -0.25) is 0 Å². The highest BCUT2D eigenvalue weighted by atomic mass is 16.5. The molecule has 3 rings (SSSR count). The van der Waals surface area contributed by atoms with Crippen molar-refractivity contribution in [2.75, 3.05) is 6.61 Å². The van der Waals surface area contributed by atoms with E-state index in [0.29, 0.717) is 6.61 Å². The molecule has 2 aromatic carbocycles. The van der Waals surface area contributed by atoms with E-state index in [2.05, 4.69) is 76.2 Å². The zero-order chi connectivity index (χ0) is 21.9. The lowest BCUT2D eigenvalue weighted by Gasteiger charge is -2.42. The van der Waals surface area contributed by atoms with Crippen LogP contribution in [0.1, 0.15) is 71.1 Å². The summed E-state index contributed by atoms with van der Waals surface area (Å²) in [5.74, 6) is -0.299. The van der Waals surface area contributed by atoms with Crippen molar-refractivity contribution in [3.05, 3.63) is 76.9 Å². The van der Waals surface area contributed by atoms with Gasteiger partial charge in [-0.15, -0.1) is 0 Å². The van der Waals surface area contributed by atoms with E-state index in [-0.39, 0.29) is 16.8 Å². The summed E-state index contributed by atoms with van der Waals surface area (Å²) < 4.78 is 5.00. The van der Waals surface area contributed by atoms with Gasteiger partial charge in [-0.05, 0) is 70.9 Å². The molecular formula is C28H34O2. The first-order valence-electron chi connectivity index (χ1n) is 10.9. The second kappa shape index (κ2) is 8.63. The van der Waals surface area contributed by atoms with Gasteiger partial charge in [-0.1, -0.05) is 82.3 Å². The normalized spacial score (nSPS) is 17.6. The molecule has 2 nitrogen and oxygen atoms in total. The number of hydrogen-bond donors (Lipinski definition) is 0. The van der Waals surface area contributed by atoms with Crippen LogP contribution in [-0.4, -0.2) is 12.6 Å². The Bertz CT molecular complexity index is 989. The van der Waals surface area contributed by atoms with E-state index < -0.39 is 0 Å². The van der Waals surface area contributed by atoms with Crippen LogP contribution in [0.4, 0.5) is 0 Å². The molecule has 0 aliphatic heterocycles. The van der Waals surface area contributed by atoms with Crippen LogP contribution in [0.25, 0.3) is 17.2 Å². The van der Waals surface area contributed by atoms with E-state index in [9.17, 15) is 4.79 Å². The van der Waals surface area contributed by atoms with Crippen LogP contribution in [0, 0.1) is 0 Å². The summed E-state index contributed by atoms with van der Waals surface area (Å²) in [6, 6.07) is 15.4. The molecule has 0 radical (unpaired) electrons. The molecule has 0 amide bonds. The second-order valence-electron chi connectivity index (χ2n) is 9.59. The van der Waals surface area contributed by atoms with Gasteiger partial charge in [0.2, 0.25) is 0 Å². The second-order valence-corrected chi connectivity index (χ2v) is 9.59. The van der Waals surface area contributed by atoms with Crippen LogP contribution in [0.5, 0.6) is 0 Å². The Morgan fingerprint density at radius 3 is 2.37 bits per heavy atom. The molecule has 1 aliphatic carbocycles. The van der Waals surface area contributed by atoms with Crippen molar-refractivity contribution >= 4 is 12.0 Å². The number of allylic oxidation sites excluding steroid dienone is 2. The molecule has 0 spiro atoms. The molecule has 0 aromatic heterocycles. The number of rotatable bonds is 5. The van der Waals surface area contributed by atoms with Gasteiger partial charge >= 0.3 is 5.97 Å². The van der Waals surface area contributed by atoms with Crippen molar-refractivity contribution in [2.45, 2.75) is 65.2 Å². The summed E-state index contributed by atoms with van der Waals surface area (Å²) in [4.78, 5) is 11.7. The average Bonchev–Trinajstić information content (AvgIpc) is 2.70. The molecule has 0 heterocycles. The fourth-order valence-corrected chi connectivity index (χ4v) is 4.30. The van der Waals surface area contributed by atoms with Crippen molar-refractivity contribution in [2.24, 2.45) is 0 Å². The third-order valence-corrected chi connectivity index (χ3v) is 6.28. The number of fused-ring (bicyclic) bond motifs is 1. The van der Waals surface area contributed by atoms with Gasteiger partial charge in [0.1, 0.15) is 0 Å². The Morgan fingerprint density at radius 1 is 1.00 bits per heavy atom. The molecule has 0 bridgehead atoms. The number of carbonyl (C=O) groups is 1. The largest absolute Gasteiger partial charge is 0.463 e. The number of benzene rings is 2. The smallest absolute Gasteiger partial charge is 0.330 e. The molecule has 0 saturated heterocycles. The molecule has 0 fully saturated rings. The predicted molar refractivity (Wildman–Crippen MR) is 127 cm³/mol. The van der Waals surface area contributed by atoms with Crippen LogP contribution >= 0.6 is 0 Å². The van der Waals surface area contributed by atoms with Gasteiger partial charge in [0, 0.05) is 6.08 Å². The SMILES string of the molecule is CCOC(=O)/C=C(C)/C=C/c1ccccc1-c1ccc2c(c1)C(C)(C)CCC2(C)C.